The smallest absolute Gasteiger partial charge is 0.325 e. The zero-order chi connectivity index (χ0) is 16.5. The van der Waals surface area contributed by atoms with Crippen LogP contribution in [0.4, 0.5) is 4.79 Å². The highest BCUT2D eigenvalue weighted by atomic mass is 16.5. The Hall–Kier alpha value is -2.08. The summed E-state index contributed by atoms with van der Waals surface area (Å²) in [5, 5.41) is 12.6. The van der Waals surface area contributed by atoms with Crippen LogP contribution in [0.5, 0.6) is 5.75 Å². The number of aliphatic hydroxyl groups excluding tert-OH is 1. The van der Waals surface area contributed by atoms with Crippen molar-refractivity contribution in [2.45, 2.75) is 39.3 Å². The molecular formula is C16H22N2O4. The van der Waals surface area contributed by atoms with E-state index in [9.17, 15) is 14.7 Å². The first-order valence-corrected chi connectivity index (χ1v) is 7.23. The summed E-state index contributed by atoms with van der Waals surface area (Å²) < 4.78 is 5.57. The summed E-state index contributed by atoms with van der Waals surface area (Å²) in [6, 6.07) is 5.27. The van der Waals surface area contributed by atoms with Gasteiger partial charge in [0.2, 0.25) is 0 Å². The molecule has 6 heteroatoms. The molecule has 0 aromatic heterocycles. The van der Waals surface area contributed by atoms with E-state index in [4.69, 9.17) is 4.74 Å². The Kier molecular flexibility index (Phi) is 4.42. The number of aryl methyl sites for hydroxylation is 2. The van der Waals surface area contributed by atoms with Gasteiger partial charge in [-0.3, -0.25) is 9.69 Å². The minimum Gasteiger partial charge on any atom is -0.491 e. The summed E-state index contributed by atoms with van der Waals surface area (Å²) in [5.41, 5.74) is 1.18. The molecule has 1 aliphatic rings. The molecule has 2 N–H and O–H groups in total. The van der Waals surface area contributed by atoms with Crippen LogP contribution >= 0.6 is 0 Å². The van der Waals surface area contributed by atoms with Crippen LogP contribution in [0.25, 0.3) is 0 Å². The lowest BCUT2D eigenvalue weighted by atomic mass is 10.1. The van der Waals surface area contributed by atoms with E-state index in [2.05, 4.69) is 5.32 Å². The maximum absolute atomic E-state index is 12.0. The van der Waals surface area contributed by atoms with Crippen molar-refractivity contribution in [2.24, 2.45) is 0 Å². The van der Waals surface area contributed by atoms with Crippen molar-refractivity contribution in [1.29, 1.82) is 0 Å². The summed E-state index contributed by atoms with van der Waals surface area (Å²) in [4.78, 5) is 24.8. The van der Waals surface area contributed by atoms with Crippen LogP contribution in [-0.2, 0) is 4.79 Å². The number of benzene rings is 1. The Morgan fingerprint density at radius 2 is 2.00 bits per heavy atom. The number of hydrogen-bond acceptors (Lipinski definition) is 4. The second-order valence-electron chi connectivity index (χ2n) is 6.20. The molecule has 1 atom stereocenters. The molecule has 2 rings (SSSR count). The van der Waals surface area contributed by atoms with Crippen LogP contribution in [0.3, 0.4) is 0 Å². The van der Waals surface area contributed by atoms with Crippen LogP contribution in [-0.4, -0.2) is 46.7 Å². The predicted octanol–water partition coefficient (Wildman–Crippen LogP) is 1.37. The lowest BCUT2D eigenvalue weighted by Crippen LogP contribution is -2.42. The Balaban J connectivity index is 1.92. The third kappa shape index (κ3) is 3.39. The van der Waals surface area contributed by atoms with Crippen LogP contribution < -0.4 is 10.1 Å². The third-order valence-corrected chi connectivity index (χ3v) is 3.60. The molecule has 1 fully saturated rings. The second-order valence-corrected chi connectivity index (χ2v) is 6.20. The summed E-state index contributed by atoms with van der Waals surface area (Å²) in [5.74, 6) is 0.338. The van der Waals surface area contributed by atoms with Crippen molar-refractivity contribution in [3.8, 4) is 5.75 Å². The van der Waals surface area contributed by atoms with Gasteiger partial charge in [-0.1, -0.05) is 17.7 Å². The Morgan fingerprint density at radius 3 is 2.55 bits per heavy atom. The summed E-state index contributed by atoms with van der Waals surface area (Å²) in [6.07, 6.45) is -0.940. The molecule has 0 unspecified atom stereocenters. The number of aliphatic hydroxyl groups is 1. The minimum absolute atomic E-state index is 0.0153. The molecule has 1 aliphatic heterocycles. The van der Waals surface area contributed by atoms with Gasteiger partial charge < -0.3 is 15.2 Å². The van der Waals surface area contributed by atoms with E-state index in [0.29, 0.717) is 5.75 Å². The summed E-state index contributed by atoms with van der Waals surface area (Å²) >= 11 is 0. The van der Waals surface area contributed by atoms with Gasteiger partial charge in [0.05, 0.1) is 6.54 Å². The van der Waals surface area contributed by atoms with Crippen LogP contribution in [0.15, 0.2) is 18.2 Å². The first-order valence-electron chi connectivity index (χ1n) is 7.23. The quantitative estimate of drug-likeness (QED) is 0.805. The summed E-state index contributed by atoms with van der Waals surface area (Å²) in [6.45, 7) is 7.11. The monoisotopic (exact) mass is 306 g/mol. The fourth-order valence-corrected chi connectivity index (χ4v) is 2.39. The second kappa shape index (κ2) is 5.96. The lowest BCUT2D eigenvalue weighted by molar-refractivity contribution is -0.131. The molecule has 0 radical (unpaired) electrons. The number of urea groups is 1. The van der Waals surface area contributed by atoms with E-state index in [1.165, 1.54) is 0 Å². The number of nitrogens with zero attached hydrogens (tertiary/aromatic N) is 1. The Morgan fingerprint density at radius 1 is 1.32 bits per heavy atom. The zero-order valence-corrected chi connectivity index (χ0v) is 13.3. The molecule has 0 aliphatic carbocycles. The van der Waals surface area contributed by atoms with E-state index in [1.54, 1.807) is 13.8 Å². The molecule has 22 heavy (non-hydrogen) atoms. The van der Waals surface area contributed by atoms with Gasteiger partial charge in [-0.05, 0) is 39.3 Å². The highest BCUT2D eigenvalue weighted by Gasteiger charge is 2.44. The van der Waals surface area contributed by atoms with Crippen molar-refractivity contribution in [1.82, 2.24) is 10.2 Å². The van der Waals surface area contributed by atoms with E-state index in [-0.39, 0.29) is 19.1 Å². The van der Waals surface area contributed by atoms with Crippen LogP contribution in [0.2, 0.25) is 0 Å². The maximum atomic E-state index is 12.0. The van der Waals surface area contributed by atoms with Crippen LogP contribution in [0, 0.1) is 13.8 Å². The largest absolute Gasteiger partial charge is 0.491 e. The number of hydrogen-bond donors (Lipinski definition) is 2. The lowest BCUT2D eigenvalue weighted by Gasteiger charge is -2.20. The molecule has 6 nitrogen and oxygen atoms in total. The van der Waals surface area contributed by atoms with E-state index < -0.39 is 17.7 Å². The molecule has 1 aromatic rings. The van der Waals surface area contributed by atoms with Gasteiger partial charge in [0.1, 0.15) is 24.0 Å². The van der Waals surface area contributed by atoms with Crippen molar-refractivity contribution in [3.05, 3.63) is 29.3 Å². The van der Waals surface area contributed by atoms with Gasteiger partial charge in [0.15, 0.2) is 0 Å². The number of carbonyl (C=O) groups excluding carboxylic acids is 2. The van der Waals surface area contributed by atoms with Gasteiger partial charge in [-0.2, -0.15) is 0 Å². The fourth-order valence-electron chi connectivity index (χ4n) is 2.39. The molecular weight excluding hydrogens is 284 g/mol. The van der Waals surface area contributed by atoms with Gasteiger partial charge >= 0.3 is 6.03 Å². The molecule has 120 valence electrons. The average Bonchev–Trinajstić information content (AvgIpc) is 2.60. The highest BCUT2D eigenvalue weighted by molar-refractivity contribution is 6.06. The van der Waals surface area contributed by atoms with Crippen LogP contribution in [0.1, 0.15) is 25.0 Å². The molecule has 1 heterocycles. The SMILES string of the molecule is Cc1ccc(OC[C@H](O)CN2C(=O)NC(C)(C)C2=O)c(C)c1. The normalized spacial score (nSPS) is 18.3. The molecule has 0 spiro atoms. The minimum atomic E-state index is -0.940. The van der Waals surface area contributed by atoms with E-state index >= 15 is 0 Å². The highest BCUT2D eigenvalue weighted by Crippen LogP contribution is 2.20. The molecule has 3 amide bonds. The van der Waals surface area contributed by atoms with Gasteiger partial charge in [0, 0.05) is 0 Å². The van der Waals surface area contributed by atoms with Crippen molar-refractivity contribution < 1.29 is 19.4 Å². The fraction of sp³-hybridized carbons (Fsp3) is 0.500. The number of nitrogens with one attached hydrogen (secondary N) is 1. The van der Waals surface area contributed by atoms with Gasteiger partial charge in [-0.15, -0.1) is 0 Å². The number of imide groups is 1. The number of β-amino-alcohol motifs (C(OH)–C–C–N with tert-alkyl or cyclic N) is 1. The van der Waals surface area contributed by atoms with Gasteiger partial charge in [-0.25, -0.2) is 4.79 Å². The van der Waals surface area contributed by atoms with E-state index in [0.717, 1.165) is 16.0 Å². The predicted molar refractivity (Wildman–Crippen MR) is 81.7 cm³/mol. The van der Waals surface area contributed by atoms with Crippen molar-refractivity contribution in [2.75, 3.05) is 13.2 Å². The maximum Gasteiger partial charge on any atom is 0.325 e. The number of carbonyl (C=O) groups is 2. The molecule has 0 saturated carbocycles. The first-order chi connectivity index (χ1) is 10.2. The first kappa shape index (κ1) is 16.3. The molecule has 1 saturated heterocycles. The number of rotatable bonds is 5. The number of ether oxygens (including phenoxy) is 1. The average molecular weight is 306 g/mol. The Bertz CT molecular complexity index is 598. The van der Waals surface area contributed by atoms with Crippen molar-refractivity contribution in [3.63, 3.8) is 0 Å². The number of amides is 3. The van der Waals surface area contributed by atoms with Gasteiger partial charge in [0.25, 0.3) is 5.91 Å². The standard InChI is InChI=1S/C16H22N2O4/c1-10-5-6-13(11(2)7-10)22-9-12(19)8-18-14(20)16(3,4)17-15(18)21/h5-7,12,19H,8-9H2,1-4H3,(H,17,21)/t12-/m1/s1. The third-order valence-electron chi connectivity index (χ3n) is 3.60. The zero-order valence-electron chi connectivity index (χ0n) is 13.3. The van der Waals surface area contributed by atoms with Crippen molar-refractivity contribution >= 4 is 11.9 Å². The molecule has 1 aromatic carbocycles. The molecule has 0 bridgehead atoms. The topological polar surface area (TPSA) is 78.9 Å². The van der Waals surface area contributed by atoms with E-state index in [1.807, 2.05) is 32.0 Å². The Labute approximate surface area is 130 Å². The summed E-state index contributed by atoms with van der Waals surface area (Å²) in [7, 11) is 0.